The van der Waals surface area contributed by atoms with Gasteiger partial charge in [-0.25, -0.2) is 0 Å². The van der Waals surface area contributed by atoms with Gasteiger partial charge in [-0.1, -0.05) is 13.8 Å². The number of carbonyl (C=O) groups is 1. The summed E-state index contributed by atoms with van der Waals surface area (Å²) >= 11 is 0. The first-order valence-electron chi connectivity index (χ1n) is 5.64. The van der Waals surface area contributed by atoms with Crippen molar-refractivity contribution in [3.63, 3.8) is 0 Å². The van der Waals surface area contributed by atoms with Gasteiger partial charge in [0.2, 0.25) is 5.91 Å². The van der Waals surface area contributed by atoms with Crippen LogP contribution in [0.5, 0.6) is 0 Å². The Bertz CT molecular complexity index is 179. The van der Waals surface area contributed by atoms with E-state index in [9.17, 15) is 9.90 Å². The van der Waals surface area contributed by atoms with Gasteiger partial charge in [-0.3, -0.25) is 4.79 Å². The van der Waals surface area contributed by atoms with Crippen molar-refractivity contribution in [2.45, 2.75) is 45.6 Å². The molecule has 0 bridgehead atoms. The quantitative estimate of drug-likeness (QED) is 0.598. The summed E-state index contributed by atoms with van der Waals surface area (Å²) in [5.74, 6) is -0.0659. The van der Waals surface area contributed by atoms with Crippen molar-refractivity contribution in [3.8, 4) is 0 Å². The Hall–Kier alpha value is -0.610. The van der Waals surface area contributed by atoms with Crippen molar-refractivity contribution in [1.82, 2.24) is 5.32 Å². The summed E-state index contributed by atoms with van der Waals surface area (Å²) in [7, 11) is 0. The van der Waals surface area contributed by atoms with E-state index in [0.717, 1.165) is 0 Å². The van der Waals surface area contributed by atoms with E-state index in [0.29, 0.717) is 39.0 Å². The van der Waals surface area contributed by atoms with E-state index >= 15 is 0 Å². The summed E-state index contributed by atoms with van der Waals surface area (Å²) in [6.07, 6.45) is 1.65. The highest BCUT2D eigenvalue weighted by molar-refractivity contribution is 5.76. The Kier molecular flexibility index (Phi) is 7.34. The first-order chi connectivity index (χ1) is 7.08. The van der Waals surface area contributed by atoms with Crippen LogP contribution in [0.15, 0.2) is 0 Å². The number of hydrogen-bond donors (Lipinski definition) is 2. The van der Waals surface area contributed by atoms with Crippen LogP contribution in [-0.4, -0.2) is 36.4 Å². The number of hydrogen-bond acceptors (Lipinski definition) is 3. The normalized spacial score (nSPS) is 11.5. The van der Waals surface area contributed by atoms with E-state index < -0.39 is 5.60 Å². The minimum absolute atomic E-state index is 0.0659. The van der Waals surface area contributed by atoms with Crippen LogP contribution >= 0.6 is 0 Å². The average molecular weight is 217 g/mol. The van der Waals surface area contributed by atoms with Gasteiger partial charge in [-0.2, -0.15) is 0 Å². The van der Waals surface area contributed by atoms with Gasteiger partial charge >= 0.3 is 0 Å². The van der Waals surface area contributed by atoms with Crippen LogP contribution in [0.3, 0.4) is 0 Å². The Morgan fingerprint density at radius 3 is 2.40 bits per heavy atom. The zero-order valence-corrected chi connectivity index (χ0v) is 10.0. The van der Waals surface area contributed by atoms with E-state index in [1.807, 2.05) is 20.8 Å². The van der Waals surface area contributed by atoms with E-state index in [1.165, 1.54) is 0 Å². The number of amides is 1. The summed E-state index contributed by atoms with van der Waals surface area (Å²) in [4.78, 5) is 11.3. The molecule has 0 fully saturated rings. The van der Waals surface area contributed by atoms with E-state index in [2.05, 4.69) is 5.32 Å². The molecule has 0 heterocycles. The Morgan fingerprint density at radius 1 is 1.33 bits per heavy atom. The molecule has 0 aliphatic rings. The van der Waals surface area contributed by atoms with E-state index in [-0.39, 0.29) is 5.91 Å². The molecule has 0 unspecified atom stereocenters. The van der Waals surface area contributed by atoms with Crippen LogP contribution in [0.1, 0.15) is 40.0 Å². The second-order valence-electron chi connectivity index (χ2n) is 3.66. The Balaban J connectivity index is 3.69. The van der Waals surface area contributed by atoms with Gasteiger partial charge in [-0.05, 0) is 19.8 Å². The lowest BCUT2D eigenvalue weighted by Crippen LogP contribution is -2.42. The van der Waals surface area contributed by atoms with Crippen LogP contribution in [-0.2, 0) is 9.53 Å². The molecule has 0 saturated carbocycles. The zero-order valence-electron chi connectivity index (χ0n) is 10.0. The highest BCUT2D eigenvalue weighted by Gasteiger charge is 2.22. The second kappa shape index (κ2) is 7.65. The fourth-order valence-corrected chi connectivity index (χ4v) is 1.16. The molecule has 90 valence electrons. The number of carbonyl (C=O) groups excluding carboxylic acids is 1. The monoisotopic (exact) mass is 217 g/mol. The van der Waals surface area contributed by atoms with Gasteiger partial charge in [-0.15, -0.1) is 0 Å². The van der Waals surface area contributed by atoms with Crippen molar-refractivity contribution in [2.75, 3.05) is 19.8 Å². The molecule has 0 rings (SSSR count). The maximum atomic E-state index is 11.3. The lowest BCUT2D eigenvalue weighted by Gasteiger charge is -2.25. The predicted molar refractivity (Wildman–Crippen MR) is 59.7 cm³/mol. The average Bonchev–Trinajstić information content (AvgIpc) is 2.26. The number of rotatable bonds is 8. The summed E-state index contributed by atoms with van der Waals surface area (Å²) in [5, 5.41) is 12.6. The van der Waals surface area contributed by atoms with Gasteiger partial charge in [0.1, 0.15) is 0 Å². The summed E-state index contributed by atoms with van der Waals surface area (Å²) in [5.41, 5.74) is -0.763. The predicted octanol–water partition coefficient (Wildman–Crippen LogP) is 1.08. The van der Waals surface area contributed by atoms with Crippen LogP contribution in [0.25, 0.3) is 0 Å². The van der Waals surface area contributed by atoms with Crippen LogP contribution < -0.4 is 5.32 Å². The Labute approximate surface area is 92.0 Å². The zero-order chi connectivity index (χ0) is 11.7. The third-order valence-corrected chi connectivity index (χ3v) is 2.61. The lowest BCUT2D eigenvalue weighted by atomic mass is 9.97. The molecule has 1 amide bonds. The highest BCUT2D eigenvalue weighted by atomic mass is 16.5. The number of nitrogens with one attached hydrogen (secondary N) is 1. The first-order valence-corrected chi connectivity index (χ1v) is 5.64. The number of ether oxygens (including phenoxy) is 1. The molecule has 4 heteroatoms. The first kappa shape index (κ1) is 14.4. The maximum Gasteiger partial charge on any atom is 0.222 e. The largest absolute Gasteiger partial charge is 0.388 e. The van der Waals surface area contributed by atoms with Crippen molar-refractivity contribution in [1.29, 1.82) is 0 Å². The number of aliphatic hydroxyl groups is 1. The molecule has 0 saturated heterocycles. The summed E-state index contributed by atoms with van der Waals surface area (Å²) in [6.45, 7) is 7.11. The molecule has 0 aromatic rings. The minimum atomic E-state index is -0.763. The van der Waals surface area contributed by atoms with Crippen molar-refractivity contribution in [2.24, 2.45) is 0 Å². The highest BCUT2D eigenvalue weighted by Crippen LogP contribution is 2.12. The van der Waals surface area contributed by atoms with Gasteiger partial charge in [0.25, 0.3) is 0 Å². The molecule has 15 heavy (non-hydrogen) atoms. The van der Waals surface area contributed by atoms with Crippen molar-refractivity contribution < 1.29 is 14.6 Å². The topological polar surface area (TPSA) is 58.6 Å². The Morgan fingerprint density at radius 2 is 1.93 bits per heavy atom. The maximum absolute atomic E-state index is 11.3. The molecule has 4 nitrogen and oxygen atoms in total. The molecular formula is C11H23NO3. The van der Waals surface area contributed by atoms with Crippen LogP contribution in [0.4, 0.5) is 0 Å². The molecule has 0 radical (unpaired) electrons. The van der Waals surface area contributed by atoms with Gasteiger partial charge in [0, 0.05) is 19.6 Å². The SMILES string of the molecule is CCOCCC(=O)NCC(O)(CC)CC. The fraction of sp³-hybridized carbons (Fsp3) is 0.909. The molecule has 2 N–H and O–H groups in total. The minimum Gasteiger partial charge on any atom is -0.388 e. The van der Waals surface area contributed by atoms with E-state index in [4.69, 9.17) is 4.74 Å². The third-order valence-electron chi connectivity index (χ3n) is 2.61. The van der Waals surface area contributed by atoms with Crippen LogP contribution in [0.2, 0.25) is 0 Å². The third kappa shape index (κ3) is 6.47. The van der Waals surface area contributed by atoms with E-state index in [1.54, 1.807) is 0 Å². The van der Waals surface area contributed by atoms with Gasteiger partial charge in [0.05, 0.1) is 12.2 Å². The fourth-order valence-electron chi connectivity index (χ4n) is 1.16. The smallest absolute Gasteiger partial charge is 0.222 e. The molecule has 0 aliphatic carbocycles. The standard InChI is InChI=1S/C11H23NO3/c1-4-11(14,5-2)9-12-10(13)7-8-15-6-3/h14H,4-9H2,1-3H3,(H,12,13). The van der Waals surface area contributed by atoms with Crippen LogP contribution in [0, 0.1) is 0 Å². The lowest BCUT2D eigenvalue weighted by molar-refractivity contribution is -0.123. The molecule has 0 aromatic heterocycles. The summed E-state index contributed by atoms with van der Waals surface area (Å²) in [6, 6.07) is 0. The molecule has 0 atom stereocenters. The van der Waals surface area contributed by atoms with Crippen molar-refractivity contribution in [3.05, 3.63) is 0 Å². The molecular weight excluding hydrogens is 194 g/mol. The molecule has 0 aliphatic heterocycles. The van der Waals surface area contributed by atoms with Gasteiger partial charge in [0.15, 0.2) is 0 Å². The second-order valence-corrected chi connectivity index (χ2v) is 3.66. The molecule has 0 aromatic carbocycles. The molecule has 0 spiro atoms. The van der Waals surface area contributed by atoms with Gasteiger partial charge < -0.3 is 15.2 Å². The summed E-state index contributed by atoms with van der Waals surface area (Å²) < 4.78 is 5.07. The van der Waals surface area contributed by atoms with Crippen molar-refractivity contribution >= 4 is 5.91 Å².